The molecule has 1 aromatic heterocycles. The van der Waals surface area contributed by atoms with Crippen LogP contribution in [0.5, 0.6) is 0 Å². The summed E-state index contributed by atoms with van der Waals surface area (Å²) in [4.78, 5) is 11.0. The van der Waals surface area contributed by atoms with Crippen molar-refractivity contribution in [2.24, 2.45) is 4.99 Å². The summed E-state index contributed by atoms with van der Waals surface area (Å²) in [5.41, 5.74) is 3.40. The van der Waals surface area contributed by atoms with Crippen molar-refractivity contribution in [2.75, 3.05) is 20.1 Å². The van der Waals surface area contributed by atoms with Crippen LogP contribution < -0.4 is 5.32 Å². The number of hydrogen-bond acceptors (Lipinski definition) is 3. The van der Waals surface area contributed by atoms with E-state index in [-0.39, 0.29) is 18.0 Å². The first-order valence-electron chi connectivity index (χ1n) is 10.9. The number of imidazole rings is 1. The Morgan fingerprint density at radius 1 is 1.19 bits per heavy atom. The first-order chi connectivity index (χ1) is 15.5. The van der Waals surface area contributed by atoms with E-state index in [2.05, 4.69) is 55.9 Å². The van der Waals surface area contributed by atoms with Crippen LogP contribution in [0.15, 0.2) is 65.9 Å². The molecule has 2 unspecified atom stereocenters. The maximum absolute atomic E-state index is 13.3. The van der Waals surface area contributed by atoms with E-state index >= 15 is 0 Å². The Bertz CT molecular complexity index is 1060. The van der Waals surface area contributed by atoms with Gasteiger partial charge in [-0.2, -0.15) is 0 Å². The number of aryl methyl sites for hydroxylation is 1. The van der Waals surface area contributed by atoms with Crippen molar-refractivity contribution in [3.05, 3.63) is 89.3 Å². The second-order valence-corrected chi connectivity index (χ2v) is 8.21. The van der Waals surface area contributed by atoms with Gasteiger partial charge in [0.05, 0.1) is 12.6 Å². The third-order valence-corrected chi connectivity index (χ3v) is 5.73. The van der Waals surface area contributed by atoms with Crippen LogP contribution in [0.1, 0.15) is 35.5 Å². The van der Waals surface area contributed by atoms with E-state index < -0.39 is 0 Å². The molecule has 1 aliphatic rings. The van der Waals surface area contributed by atoms with E-state index in [9.17, 15) is 4.39 Å². The smallest absolute Gasteiger partial charge is 0.194 e. The van der Waals surface area contributed by atoms with E-state index in [0.717, 1.165) is 30.4 Å². The number of morpholine rings is 1. The average molecular weight is 436 g/mol. The summed E-state index contributed by atoms with van der Waals surface area (Å²) in [5, 5.41) is 3.50. The lowest BCUT2D eigenvalue weighted by atomic mass is 10.1. The molecule has 1 fully saturated rings. The zero-order valence-corrected chi connectivity index (χ0v) is 18.8. The van der Waals surface area contributed by atoms with Crippen molar-refractivity contribution in [1.29, 1.82) is 0 Å². The highest BCUT2D eigenvalue weighted by Crippen LogP contribution is 2.25. The molecule has 0 radical (unpaired) electrons. The molecule has 168 valence electrons. The molecule has 1 N–H and O–H groups in total. The number of hydrogen-bond donors (Lipinski definition) is 1. The fourth-order valence-corrected chi connectivity index (χ4v) is 4.10. The summed E-state index contributed by atoms with van der Waals surface area (Å²) in [6.45, 7) is 6.95. The summed E-state index contributed by atoms with van der Waals surface area (Å²) in [6, 6.07) is 15.1. The summed E-state index contributed by atoms with van der Waals surface area (Å²) < 4.78 is 21.6. The number of nitrogens with zero attached hydrogens (tertiary/aromatic N) is 4. The van der Waals surface area contributed by atoms with Gasteiger partial charge in [0, 0.05) is 39.1 Å². The van der Waals surface area contributed by atoms with Crippen LogP contribution in [0.2, 0.25) is 0 Å². The Hall–Kier alpha value is -3.19. The minimum atomic E-state index is -0.239. The summed E-state index contributed by atoms with van der Waals surface area (Å²) in [5.74, 6) is 1.60. The van der Waals surface area contributed by atoms with Gasteiger partial charge in [0.2, 0.25) is 0 Å². The van der Waals surface area contributed by atoms with Crippen molar-refractivity contribution in [2.45, 2.75) is 39.1 Å². The molecule has 1 aliphatic heterocycles. The van der Waals surface area contributed by atoms with Crippen molar-refractivity contribution < 1.29 is 9.13 Å². The Morgan fingerprint density at radius 3 is 2.69 bits per heavy atom. The Kier molecular flexibility index (Phi) is 6.85. The Balaban J connectivity index is 1.40. The topological polar surface area (TPSA) is 54.7 Å². The molecular formula is C25H30FN5O. The quantitative estimate of drug-likeness (QED) is 0.488. The van der Waals surface area contributed by atoms with Crippen LogP contribution in [0.25, 0.3) is 0 Å². The van der Waals surface area contributed by atoms with Crippen LogP contribution in [0.3, 0.4) is 0 Å². The molecule has 4 rings (SSSR count). The predicted molar refractivity (Wildman–Crippen MR) is 124 cm³/mol. The zero-order chi connectivity index (χ0) is 22.5. The highest BCUT2D eigenvalue weighted by atomic mass is 19.1. The molecule has 7 heteroatoms. The molecular weight excluding hydrogens is 405 g/mol. The molecule has 1 saturated heterocycles. The first-order valence-corrected chi connectivity index (χ1v) is 10.9. The van der Waals surface area contributed by atoms with Crippen molar-refractivity contribution in [3.63, 3.8) is 0 Å². The van der Waals surface area contributed by atoms with E-state index in [0.29, 0.717) is 13.1 Å². The van der Waals surface area contributed by atoms with Crippen LogP contribution >= 0.6 is 0 Å². The average Bonchev–Trinajstić information content (AvgIpc) is 3.19. The number of rotatable bonds is 5. The third-order valence-electron chi connectivity index (χ3n) is 5.73. The number of benzene rings is 2. The van der Waals surface area contributed by atoms with Gasteiger partial charge in [-0.25, -0.2) is 9.37 Å². The Morgan fingerprint density at radius 2 is 1.97 bits per heavy atom. The molecule has 2 atom stereocenters. The number of halogens is 1. The van der Waals surface area contributed by atoms with E-state index in [4.69, 9.17) is 4.74 Å². The maximum atomic E-state index is 13.3. The van der Waals surface area contributed by atoms with Crippen molar-refractivity contribution in [1.82, 2.24) is 19.8 Å². The summed E-state index contributed by atoms with van der Waals surface area (Å²) >= 11 is 0. The monoisotopic (exact) mass is 435 g/mol. The minimum Gasteiger partial charge on any atom is -0.367 e. The van der Waals surface area contributed by atoms with Gasteiger partial charge >= 0.3 is 0 Å². The molecule has 0 aliphatic carbocycles. The SMILES string of the molecule is CN=C(NCc1cccc(Cn2ccnc2C)c1)N1CC(C)OC(c2ccc(F)cc2)C1. The number of guanidine groups is 1. The van der Waals surface area contributed by atoms with E-state index in [1.807, 2.05) is 19.3 Å². The molecule has 0 spiro atoms. The van der Waals surface area contributed by atoms with Gasteiger partial charge in [-0.1, -0.05) is 36.4 Å². The second kappa shape index (κ2) is 9.96. The number of aromatic nitrogens is 2. The molecule has 2 aromatic carbocycles. The van der Waals surface area contributed by atoms with Gasteiger partial charge in [-0.15, -0.1) is 0 Å². The standard InChI is InChI=1S/C25H30FN5O/c1-18-15-31(17-24(32-18)22-7-9-23(26)10-8-22)25(27-3)29-14-20-5-4-6-21(13-20)16-30-12-11-28-19(30)2/h4-13,18,24H,14-17H2,1-3H3,(H,27,29). The molecule has 3 aromatic rings. The van der Waals surface area contributed by atoms with Crippen LogP contribution in [-0.2, 0) is 17.8 Å². The second-order valence-electron chi connectivity index (χ2n) is 8.21. The first kappa shape index (κ1) is 22.0. The lowest BCUT2D eigenvalue weighted by molar-refractivity contribution is -0.0605. The molecule has 0 saturated carbocycles. The van der Waals surface area contributed by atoms with Gasteiger partial charge in [-0.3, -0.25) is 4.99 Å². The zero-order valence-electron chi connectivity index (χ0n) is 18.8. The lowest BCUT2D eigenvalue weighted by Crippen LogP contribution is -2.50. The largest absolute Gasteiger partial charge is 0.367 e. The fraction of sp³-hybridized carbons (Fsp3) is 0.360. The van der Waals surface area contributed by atoms with Crippen molar-refractivity contribution >= 4 is 5.96 Å². The van der Waals surface area contributed by atoms with Gasteiger partial charge in [0.15, 0.2) is 5.96 Å². The normalized spacial score (nSPS) is 19.2. The van der Waals surface area contributed by atoms with E-state index in [1.54, 1.807) is 19.2 Å². The number of nitrogens with one attached hydrogen (secondary N) is 1. The maximum Gasteiger partial charge on any atom is 0.194 e. The minimum absolute atomic E-state index is 0.0408. The number of aliphatic imine (C=N–C) groups is 1. The number of ether oxygens (including phenoxy) is 1. The molecule has 32 heavy (non-hydrogen) atoms. The van der Waals surface area contributed by atoms with Crippen molar-refractivity contribution in [3.8, 4) is 0 Å². The Labute approximate surface area is 188 Å². The lowest BCUT2D eigenvalue weighted by Gasteiger charge is -2.38. The van der Waals surface area contributed by atoms with Gasteiger partial charge in [0.25, 0.3) is 0 Å². The molecule has 0 bridgehead atoms. The van der Waals surface area contributed by atoms with Crippen LogP contribution in [0.4, 0.5) is 4.39 Å². The molecule has 0 amide bonds. The summed E-state index contributed by atoms with van der Waals surface area (Å²) in [6.07, 6.45) is 3.74. The van der Waals surface area contributed by atoms with Gasteiger partial charge in [0.1, 0.15) is 17.7 Å². The van der Waals surface area contributed by atoms with Crippen LogP contribution in [-0.4, -0.2) is 46.7 Å². The highest BCUT2D eigenvalue weighted by Gasteiger charge is 2.28. The van der Waals surface area contributed by atoms with Gasteiger partial charge < -0.3 is 19.5 Å². The van der Waals surface area contributed by atoms with Gasteiger partial charge in [-0.05, 0) is 42.7 Å². The third kappa shape index (κ3) is 5.34. The van der Waals surface area contributed by atoms with E-state index in [1.165, 1.54) is 23.3 Å². The molecule has 6 nitrogen and oxygen atoms in total. The predicted octanol–water partition coefficient (Wildman–Crippen LogP) is 3.92. The summed E-state index contributed by atoms with van der Waals surface area (Å²) in [7, 11) is 1.80. The highest BCUT2D eigenvalue weighted by molar-refractivity contribution is 5.80. The van der Waals surface area contributed by atoms with Crippen LogP contribution in [0, 0.1) is 12.7 Å². The fourth-order valence-electron chi connectivity index (χ4n) is 4.10. The molecule has 2 heterocycles.